The van der Waals surface area contributed by atoms with E-state index in [2.05, 4.69) is 40.5 Å². The van der Waals surface area contributed by atoms with Crippen LogP contribution in [0.3, 0.4) is 0 Å². The zero-order valence-corrected chi connectivity index (χ0v) is 29.3. The first-order chi connectivity index (χ1) is 24.7. The summed E-state index contributed by atoms with van der Waals surface area (Å²) >= 11 is 0. The van der Waals surface area contributed by atoms with Crippen LogP contribution in [0.1, 0.15) is 16.7 Å². The van der Waals surface area contributed by atoms with E-state index >= 15 is 0 Å². The number of benzene rings is 5. The molecule has 0 bridgehead atoms. The molecule has 0 radical (unpaired) electrons. The number of rotatable bonds is 11. The highest BCUT2D eigenvalue weighted by Crippen LogP contribution is 2.42. The molecule has 6 N–H and O–H groups in total. The first-order valence-electron chi connectivity index (χ1n) is 15.3. The number of hydrogen-bond donors (Lipinski definition) is 7. The average molecular weight is 743 g/mol. The van der Waals surface area contributed by atoms with E-state index in [-0.39, 0.29) is 57.2 Å². The molecular weight excluding hydrogens is 713 g/mol. The van der Waals surface area contributed by atoms with Gasteiger partial charge in [-0.1, -0.05) is 29.8 Å². The number of ether oxygens (including phenoxy) is 1. The number of aromatic nitrogens is 3. The van der Waals surface area contributed by atoms with Crippen LogP contribution >= 0.6 is 0 Å². The largest absolute Gasteiger partial charge is 0.506 e. The van der Waals surface area contributed by atoms with Crippen molar-refractivity contribution < 1.29 is 36.3 Å². The van der Waals surface area contributed by atoms with E-state index in [1.54, 1.807) is 12.1 Å². The smallest absolute Gasteiger partial charge is 0.328 e. The van der Waals surface area contributed by atoms with Crippen molar-refractivity contribution in [3.05, 3.63) is 102 Å². The summed E-state index contributed by atoms with van der Waals surface area (Å²) in [5.41, 5.74) is 3.49. The third kappa shape index (κ3) is 8.49. The first-order valence-corrected chi connectivity index (χ1v) is 17.9. The highest BCUT2D eigenvalue weighted by atomic mass is 32.2. The van der Waals surface area contributed by atoms with E-state index in [4.69, 9.17) is 4.74 Å². The Kier molecular flexibility index (Phi) is 9.86. The van der Waals surface area contributed by atoms with Crippen molar-refractivity contribution in [2.45, 2.75) is 25.7 Å². The Morgan fingerprint density at radius 2 is 1.38 bits per heavy atom. The molecule has 0 aliphatic rings. The lowest BCUT2D eigenvalue weighted by atomic mass is 10.1. The lowest BCUT2D eigenvalue weighted by Gasteiger charge is -2.15. The summed E-state index contributed by atoms with van der Waals surface area (Å²) in [6.07, 6.45) is 0. The quantitative estimate of drug-likeness (QED) is 0.0300. The summed E-state index contributed by atoms with van der Waals surface area (Å²) in [6.45, 7) is 5.80. The van der Waals surface area contributed by atoms with Crippen LogP contribution in [0.2, 0.25) is 0 Å². The molecule has 266 valence electrons. The van der Waals surface area contributed by atoms with Crippen LogP contribution in [-0.4, -0.2) is 46.6 Å². The molecule has 1 heterocycles. The van der Waals surface area contributed by atoms with Gasteiger partial charge in [-0.3, -0.25) is 9.27 Å². The maximum Gasteiger partial charge on any atom is 0.328 e. The van der Waals surface area contributed by atoms with E-state index in [1.807, 2.05) is 51.1 Å². The maximum absolute atomic E-state index is 12.3. The Labute approximate surface area is 298 Å². The number of hydrogen-bond acceptors (Lipinski definition) is 14. The Bertz CT molecular complexity index is 2530. The van der Waals surface area contributed by atoms with Crippen molar-refractivity contribution in [3.63, 3.8) is 0 Å². The van der Waals surface area contributed by atoms with Crippen LogP contribution in [0.4, 0.5) is 40.3 Å². The van der Waals surface area contributed by atoms with Gasteiger partial charge in [-0.2, -0.15) is 23.4 Å². The predicted molar refractivity (Wildman–Crippen MR) is 195 cm³/mol. The number of azo groups is 1. The van der Waals surface area contributed by atoms with E-state index in [1.165, 1.54) is 30.3 Å². The fourth-order valence-corrected chi connectivity index (χ4v) is 6.04. The van der Waals surface area contributed by atoms with Gasteiger partial charge in [0.2, 0.25) is 22.8 Å². The number of phenols is 2. The molecule has 0 aliphatic heterocycles. The molecule has 52 heavy (non-hydrogen) atoms. The van der Waals surface area contributed by atoms with E-state index in [0.29, 0.717) is 11.4 Å². The molecule has 1 aromatic heterocycles. The molecule has 0 fully saturated rings. The molecule has 0 saturated heterocycles. The van der Waals surface area contributed by atoms with Gasteiger partial charge < -0.3 is 25.6 Å². The SMILES string of the molecule is Cc1ccc(Oc2nc(Nc3cc(C)cc(C)c3)nc(Nc3cc(S(=O)(=O)O)cc4ccc(N=Nc5cc(N[SH](=O)=O)ccc5O)c(O)c34)n2)cc1. The van der Waals surface area contributed by atoms with Gasteiger partial charge in [-0.15, -0.1) is 10.2 Å². The molecule has 18 heteroatoms. The van der Waals surface area contributed by atoms with Crippen molar-refractivity contribution in [1.82, 2.24) is 15.0 Å². The van der Waals surface area contributed by atoms with Crippen molar-refractivity contribution in [1.29, 1.82) is 0 Å². The third-order valence-electron chi connectivity index (χ3n) is 7.37. The second kappa shape index (κ2) is 14.5. The number of phenolic OH excluding ortho intramolecular Hbond substituents is 2. The second-order valence-corrected chi connectivity index (χ2v) is 13.7. The molecule has 0 amide bonds. The lowest BCUT2D eigenvalue weighted by molar-refractivity contribution is 0.441. The van der Waals surface area contributed by atoms with E-state index in [0.717, 1.165) is 28.8 Å². The first kappa shape index (κ1) is 35.5. The molecule has 5 aromatic carbocycles. The minimum Gasteiger partial charge on any atom is -0.506 e. The number of fused-ring (bicyclic) bond motifs is 1. The number of anilines is 5. The second-order valence-electron chi connectivity index (χ2n) is 11.6. The van der Waals surface area contributed by atoms with Gasteiger partial charge in [0.25, 0.3) is 10.1 Å². The number of thiol groups is 1. The predicted octanol–water partition coefficient (Wildman–Crippen LogP) is 7.24. The van der Waals surface area contributed by atoms with E-state index in [9.17, 15) is 31.6 Å². The fourth-order valence-electron chi connectivity index (χ4n) is 5.14. The number of nitrogens with one attached hydrogen (secondary N) is 3. The van der Waals surface area contributed by atoms with Crippen molar-refractivity contribution in [2.75, 3.05) is 15.4 Å². The molecule has 16 nitrogen and oxygen atoms in total. The van der Waals surface area contributed by atoms with Gasteiger partial charge >= 0.3 is 6.01 Å². The highest BCUT2D eigenvalue weighted by molar-refractivity contribution is 7.85. The van der Waals surface area contributed by atoms with Gasteiger partial charge in [0.1, 0.15) is 22.9 Å². The van der Waals surface area contributed by atoms with Gasteiger partial charge in [0, 0.05) is 11.1 Å². The average Bonchev–Trinajstić information content (AvgIpc) is 3.05. The molecule has 0 atom stereocenters. The summed E-state index contributed by atoms with van der Waals surface area (Å²) in [5.74, 6) is -0.423. The minimum absolute atomic E-state index is 0.0390. The zero-order chi connectivity index (χ0) is 37.2. The monoisotopic (exact) mass is 742 g/mol. The topological polar surface area (TPSA) is 238 Å². The summed E-state index contributed by atoms with van der Waals surface area (Å²) < 4.78 is 64.9. The number of nitrogens with zero attached hydrogens (tertiary/aromatic N) is 5. The van der Waals surface area contributed by atoms with Gasteiger partial charge in [-0.25, -0.2) is 8.42 Å². The molecule has 0 aliphatic carbocycles. The molecule has 6 rings (SSSR count). The van der Waals surface area contributed by atoms with Crippen molar-refractivity contribution in [2.24, 2.45) is 10.2 Å². The molecule has 0 saturated carbocycles. The fraction of sp³-hybridized carbons (Fsp3) is 0.0882. The van der Waals surface area contributed by atoms with E-state index < -0.39 is 31.7 Å². The normalized spacial score (nSPS) is 11.6. The van der Waals surface area contributed by atoms with Crippen LogP contribution < -0.4 is 20.1 Å². The molecule has 6 aromatic rings. The highest BCUT2D eigenvalue weighted by Gasteiger charge is 2.20. The third-order valence-corrected chi connectivity index (χ3v) is 8.64. The Morgan fingerprint density at radius 3 is 2.06 bits per heavy atom. The standard InChI is InChI=1S/C34H30N8O8S2/c1-18-4-8-24(9-5-18)50-34-38-32(35-23-13-19(2)12-20(3)14-23)37-33(39-34)36-28-17-25(52(47,48)49)15-21-6-10-26(31(44)30(21)28)40-41-27-16-22(42-51(45)46)7-11-29(27)43/h4-17,43-44,51H,1-3H3,(H,42,45,46)(H,47,48,49)(H2,35,36,37,38,39). The van der Waals surface area contributed by atoms with Gasteiger partial charge in [0.15, 0.2) is 5.75 Å². The molecule has 0 spiro atoms. The Balaban J connectivity index is 1.45. The summed E-state index contributed by atoms with van der Waals surface area (Å²) in [5, 5.41) is 36.0. The van der Waals surface area contributed by atoms with Gasteiger partial charge in [0.05, 0.1) is 16.3 Å². The molecule has 0 unspecified atom stereocenters. The lowest BCUT2D eigenvalue weighted by Crippen LogP contribution is -2.07. The Hall–Kier alpha value is -6.37. The van der Waals surface area contributed by atoms with Crippen LogP contribution in [0.5, 0.6) is 23.3 Å². The van der Waals surface area contributed by atoms with Crippen LogP contribution in [0.15, 0.2) is 100 Å². The van der Waals surface area contributed by atoms with Crippen LogP contribution in [0.25, 0.3) is 10.8 Å². The van der Waals surface area contributed by atoms with Gasteiger partial charge in [-0.05, 0) is 97.9 Å². The summed E-state index contributed by atoms with van der Waals surface area (Å²) in [7, 11) is -7.72. The molecular formula is C34H30N8O8S2. The van der Waals surface area contributed by atoms with Crippen molar-refractivity contribution >= 4 is 72.1 Å². The van der Waals surface area contributed by atoms with Crippen LogP contribution in [0, 0.1) is 20.8 Å². The summed E-state index contributed by atoms with van der Waals surface area (Å²) in [4.78, 5) is 12.8. The number of aryl methyl sites for hydroxylation is 3. The zero-order valence-electron chi connectivity index (χ0n) is 27.6. The summed E-state index contributed by atoms with van der Waals surface area (Å²) in [6, 6.07) is 21.5. The maximum atomic E-state index is 12.3. The number of aromatic hydroxyl groups is 2. The van der Waals surface area contributed by atoms with Crippen molar-refractivity contribution in [3.8, 4) is 23.3 Å². The minimum atomic E-state index is -4.74. The van der Waals surface area contributed by atoms with Crippen LogP contribution in [-0.2, 0) is 21.0 Å². The Morgan fingerprint density at radius 1 is 0.712 bits per heavy atom.